The molecular weight excluding hydrogens is 408 g/mol. The zero-order chi connectivity index (χ0) is 21.5. The Kier molecular flexibility index (Phi) is 4.86. The number of nitrogens with one attached hydrogen (secondary N) is 2. The third kappa shape index (κ3) is 3.57. The number of H-pyrrole nitrogens is 1. The number of aryl methyl sites for hydroxylation is 1. The predicted molar refractivity (Wildman–Crippen MR) is 110 cm³/mol. The largest absolute Gasteiger partial charge is 0.456 e. The van der Waals surface area contributed by atoms with Gasteiger partial charge in [0, 0.05) is 5.56 Å². The van der Waals surface area contributed by atoms with E-state index < -0.39 is 22.0 Å². The van der Waals surface area contributed by atoms with Crippen LogP contribution in [0.4, 0.5) is 0 Å². The highest BCUT2D eigenvalue weighted by Crippen LogP contribution is 2.22. The average molecular weight is 426 g/mol. The van der Waals surface area contributed by atoms with Gasteiger partial charge in [0.1, 0.15) is 24.3 Å². The summed E-state index contributed by atoms with van der Waals surface area (Å²) in [4.78, 5) is 35.8. The number of fused-ring (bicyclic) bond motifs is 2. The van der Waals surface area contributed by atoms with Crippen LogP contribution in [0.25, 0.3) is 10.9 Å². The van der Waals surface area contributed by atoms with Crippen LogP contribution in [-0.2, 0) is 26.2 Å². The van der Waals surface area contributed by atoms with Crippen LogP contribution in [0.5, 0.6) is 0 Å². The molecule has 0 aliphatic carbocycles. The second-order valence-corrected chi connectivity index (χ2v) is 8.50. The van der Waals surface area contributed by atoms with Crippen LogP contribution in [0.2, 0.25) is 0 Å². The highest BCUT2D eigenvalue weighted by atomic mass is 32.2. The van der Waals surface area contributed by atoms with Gasteiger partial charge in [-0.15, -0.1) is 0 Å². The van der Waals surface area contributed by atoms with Gasteiger partial charge in [-0.05, 0) is 37.6 Å². The van der Waals surface area contributed by atoms with Crippen molar-refractivity contribution in [1.29, 1.82) is 0 Å². The van der Waals surface area contributed by atoms with Crippen LogP contribution in [0.1, 0.15) is 23.9 Å². The lowest BCUT2D eigenvalue weighted by molar-refractivity contribution is -0.146. The maximum absolute atomic E-state index is 12.4. The van der Waals surface area contributed by atoms with Crippen LogP contribution >= 0.6 is 0 Å². The number of benzene rings is 2. The summed E-state index contributed by atoms with van der Waals surface area (Å²) in [5.74, 6) is -0.386. The molecule has 1 aromatic heterocycles. The lowest BCUT2D eigenvalue weighted by Gasteiger charge is -2.09. The molecule has 1 atom stereocenters. The molecule has 0 unspecified atom stereocenters. The van der Waals surface area contributed by atoms with E-state index >= 15 is 0 Å². The molecule has 0 fully saturated rings. The molecule has 30 heavy (non-hydrogen) atoms. The maximum Gasteiger partial charge on any atom is 0.331 e. The number of aromatic amines is 1. The zero-order valence-electron chi connectivity index (χ0n) is 16.2. The number of sulfonamides is 1. The molecule has 3 aromatic rings. The summed E-state index contributed by atoms with van der Waals surface area (Å²) < 4.78 is 31.9. The van der Waals surface area contributed by atoms with Crippen molar-refractivity contribution in [2.75, 3.05) is 0 Å². The van der Waals surface area contributed by atoms with Gasteiger partial charge < -0.3 is 9.72 Å². The number of hydrogen-bond acceptors (Lipinski definition) is 7. The molecule has 2 heterocycles. The summed E-state index contributed by atoms with van der Waals surface area (Å²) in [5, 5.41) is 0.456. The first kappa shape index (κ1) is 19.8. The third-order valence-electron chi connectivity index (χ3n) is 4.66. The summed E-state index contributed by atoms with van der Waals surface area (Å²) in [5.41, 5.74) is 1.45. The summed E-state index contributed by atoms with van der Waals surface area (Å²) in [6, 6.07) is 10.7. The number of aliphatic imine (C=N–C) groups is 1. The first-order valence-corrected chi connectivity index (χ1v) is 10.6. The minimum absolute atomic E-state index is 0.0860. The molecule has 4 rings (SSSR count). The number of ether oxygens (including phenoxy) is 1. The Morgan fingerprint density at radius 3 is 2.77 bits per heavy atom. The van der Waals surface area contributed by atoms with Crippen molar-refractivity contribution >= 4 is 32.7 Å². The molecule has 0 saturated heterocycles. The average Bonchev–Trinajstić information content (AvgIpc) is 2.97. The van der Waals surface area contributed by atoms with Gasteiger partial charge in [-0.1, -0.05) is 24.3 Å². The van der Waals surface area contributed by atoms with E-state index in [4.69, 9.17) is 4.74 Å². The number of amidine groups is 1. The number of aromatic nitrogens is 2. The third-order valence-corrected chi connectivity index (χ3v) is 6.06. The van der Waals surface area contributed by atoms with Crippen molar-refractivity contribution in [2.45, 2.75) is 31.4 Å². The summed E-state index contributed by atoms with van der Waals surface area (Å²) in [6.45, 7) is 3.09. The minimum atomic E-state index is -3.69. The number of nitrogens with zero attached hydrogens (tertiary/aromatic N) is 2. The van der Waals surface area contributed by atoms with Gasteiger partial charge in [0.25, 0.3) is 15.6 Å². The molecule has 10 heteroatoms. The highest BCUT2D eigenvalue weighted by Gasteiger charge is 2.31. The topological polar surface area (TPSA) is 131 Å². The molecule has 0 bridgehead atoms. The van der Waals surface area contributed by atoms with Gasteiger partial charge in [-0.2, -0.15) is 0 Å². The first-order valence-electron chi connectivity index (χ1n) is 9.11. The van der Waals surface area contributed by atoms with E-state index in [-0.39, 0.29) is 28.7 Å². The van der Waals surface area contributed by atoms with Gasteiger partial charge in [-0.3, -0.25) is 14.5 Å². The molecular formula is C20H18N4O5S. The first-order chi connectivity index (χ1) is 14.3. The maximum atomic E-state index is 12.4. The van der Waals surface area contributed by atoms with E-state index in [9.17, 15) is 18.0 Å². The Labute approximate surface area is 171 Å². The molecule has 2 N–H and O–H groups in total. The van der Waals surface area contributed by atoms with Gasteiger partial charge in [0.2, 0.25) is 0 Å². The van der Waals surface area contributed by atoms with Crippen molar-refractivity contribution < 1.29 is 17.9 Å². The smallest absolute Gasteiger partial charge is 0.331 e. The lowest BCUT2D eigenvalue weighted by Crippen LogP contribution is -2.27. The Hall–Kier alpha value is -3.53. The van der Waals surface area contributed by atoms with E-state index in [2.05, 4.69) is 19.7 Å². The minimum Gasteiger partial charge on any atom is -0.456 e. The van der Waals surface area contributed by atoms with E-state index in [1.807, 2.05) is 13.0 Å². The molecule has 1 aliphatic rings. The summed E-state index contributed by atoms with van der Waals surface area (Å²) >= 11 is 0. The quantitative estimate of drug-likeness (QED) is 0.607. The Balaban J connectivity index is 1.52. The fourth-order valence-corrected chi connectivity index (χ4v) is 4.40. The highest BCUT2D eigenvalue weighted by molar-refractivity contribution is 7.90. The normalized spacial score (nSPS) is 16.8. The Bertz CT molecular complexity index is 1360. The Morgan fingerprint density at radius 2 is 1.97 bits per heavy atom. The number of carbonyl (C=O) groups is 1. The van der Waals surface area contributed by atoms with Crippen LogP contribution in [0.3, 0.4) is 0 Å². The second-order valence-electron chi connectivity index (χ2n) is 6.85. The van der Waals surface area contributed by atoms with Gasteiger partial charge >= 0.3 is 5.97 Å². The summed E-state index contributed by atoms with van der Waals surface area (Å²) in [7, 11) is -3.69. The van der Waals surface area contributed by atoms with E-state index in [0.717, 1.165) is 5.56 Å². The van der Waals surface area contributed by atoms with Crippen molar-refractivity contribution in [1.82, 2.24) is 14.7 Å². The SMILES string of the molecule is Cc1cccc2c(=O)[nH]c(COC(=O)[C@H](C)N=C3NS(=O)(=O)c4ccccc43)nc12. The fraction of sp³-hybridized carbons (Fsp3) is 0.200. The van der Waals surface area contributed by atoms with Crippen LogP contribution < -0.4 is 10.3 Å². The predicted octanol–water partition coefficient (Wildman–Crippen LogP) is 1.40. The number of para-hydroxylation sites is 1. The van der Waals surface area contributed by atoms with E-state index in [1.165, 1.54) is 13.0 Å². The molecule has 0 amide bonds. The Morgan fingerprint density at radius 1 is 1.20 bits per heavy atom. The number of carbonyl (C=O) groups excluding carboxylic acids is 1. The van der Waals surface area contributed by atoms with Crippen molar-refractivity contribution in [2.24, 2.45) is 4.99 Å². The molecule has 0 saturated carbocycles. The lowest BCUT2D eigenvalue weighted by atomic mass is 10.1. The molecule has 2 aromatic carbocycles. The molecule has 9 nitrogen and oxygen atoms in total. The van der Waals surface area contributed by atoms with Crippen molar-refractivity contribution in [3.63, 3.8) is 0 Å². The zero-order valence-corrected chi connectivity index (χ0v) is 17.0. The molecule has 0 radical (unpaired) electrons. The van der Waals surface area contributed by atoms with E-state index in [1.54, 1.807) is 30.3 Å². The van der Waals surface area contributed by atoms with Gasteiger partial charge in [-0.25, -0.2) is 18.2 Å². The monoisotopic (exact) mass is 426 g/mol. The molecule has 154 valence electrons. The van der Waals surface area contributed by atoms with Crippen molar-refractivity contribution in [3.8, 4) is 0 Å². The second kappa shape index (κ2) is 7.38. The van der Waals surface area contributed by atoms with Crippen molar-refractivity contribution in [3.05, 3.63) is 69.8 Å². The molecule has 1 aliphatic heterocycles. The van der Waals surface area contributed by atoms with Crippen LogP contribution in [0.15, 0.2) is 57.1 Å². The van der Waals surface area contributed by atoms with Gasteiger partial charge in [0.05, 0.1) is 15.8 Å². The standard InChI is InChI=1S/C20H18N4O5S/c1-11-6-5-8-14-17(11)22-16(23-19(14)25)10-29-20(26)12(2)21-18-13-7-3-4-9-15(13)30(27,28)24-18/h3-9,12H,10H2,1-2H3,(H,21,24)(H,22,23,25)/t12-/m0/s1. The fourth-order valence-electron chi connectivity index (χ4n) is 3.16. The number of rotatable bonds is 4. The van der Waals surface area contributed by atoms with Gasteiger partial charge in [0.15, 0.2) is 0 Å². The van der Waals surface area contributed by atoms with E-state index in [0.29, 0.717) is 16.5 Å². The van der Waals surface area contributed by atoms with Crippen LogP contribution in [-0.4, -0.2) is 36.2 Å². The number of hydrogen-bond donors (Lipinski definition) is 2. The molecule has 0 spiro atoms. The summed E-state index contributed by atoms with van der Waals surface area (Å²) in [6.07, 6.45) is 0. The number of esters is 1. The van der Waals surface area contributed by atoms with Crippen LogP contribution in [0, 0.1) is 6.92 Å².